The molecule has 0 bridgehead atoms. The third-order valence-corrected chi connectivity index (χ3v) is 4.24. The Balaban J connectivity index is 1.81. The Kier molecular flexibility index (Phi) is 3.85. The van der Waals surface area contributed by atoms with Crippen LogP contribution in [0.4, 0.5) is 4.39 Å². The third-order valence-electron chi connectivity index (χ3n) is 4.24. The van der Waals surface area contributed by atoms with Crippen LogP contribution >= 0.6 is 0 Å². The number of alkyl halides is 1. The molecular formula is C13H24FNO. The lowest BCUT2D eigenvalue weighted by Gasteiger charge is -2.47. The molecule has 1 aliphatic heterocycles. The zero-order chi connectivity index (χ0) is 11.6. The second kappa shape index (κ2) is 5.01. The minimum Gasteiger partial charge on any atom is -0.380 e. The second-order valence-electron chi connectivity index (χ2n) is 5.26. The molecule has 1 unspecified atom stereocenters. The van der Waals surface area contributed by atoms with Gasteiger partial charge in [0.15, 0.2) is 0 Å². The molecule has 0 aromatic rings. The van der Waals surface area contributed by atoms with Gasteiger partial charge in [0.1, 0.15) is 5.67 Å². The Morgan fingerprint density at radius 2 is 2.12 bits per heavy atom. The molecule has 1 aliphatic carbocycles. The fraction of sp³-hybridized carbons (Fsp3) is 1.00. The molecule has 1 atom stereocenters. The summed E-state index contributed by atoms with van der Waals surface area (Å²) < 4.78 is 19.4. The first-order valence-electron chi connectivity index (χ1n) is 6.71. The van der Waals surface area contributed by atoms with Crippen LogP contribution in [0.2, 0.25) is 0 Å². The maximum atomic E-state index is 13.9. The highest BCUT2D eigenvalue weighted by Gasteiger charge is 2.47. The van der Waals surface area contributed by atoms with E-state index >= 15 is 0 Å². The summed E-state index contributed by atoms with van der Waals surface area (Å²) in [5.74, 6) is 0. The van der Waals surface area contributed by atoms with Crippen LogP contribution in [0.3, 0.4) is 0 Å². The molecule has 2 nitrogen and oxygen atoms in total. The molecule has 2 fully saturated rings. The summed E-state index contributed by atoms with van der Waals surface area (Å²) in [5, 5.41) is 0. The number of ether oxygens (including phenoxy) is 1. The van der Waals surface area contributed by atoms with E-state index in [9.17, 15) is 4.39 Å². The van der Waals surface area contributed by atoms with Crippen LogP contribution in [0.1, 0.15) is 46.0 Å². The lowest BCUT2D eigenvalue weighted by Crippen LogP contribution is -2.54. The summed E-state index contributed by atoms with van der Waals surface area (Å²) in [4.78, 5) is 2.49. The fourth-order valence-corrected chi connectivity index (χ4v) is 3.08. The first-order chi connectivity index (χ1) is 7.68. The number of halogens is 1. The van der Waals surface area contributed by atoms with Crippen molar-refractivity contribution in [3.05, 3.63) is 0 Å². The van der Waals surface area contributed by atoms with Gasteiger partial charge < -0.3 is 4.74 Å². The largest absolute Gasteiger partial charge is 0.380 e. The summed E-state index contributed by atoms with van der Waals surface area (Å²) >= 11 is 0. The maximum absolute atomic E-state index is 13.9. The summed E-state index contributed by atoms with van der Waals surface area (Å²) in [6.45, 7) is 6.75. The van der Waals surface area contributed by atoms with Gasteiger partial charge in [-0.05, 0) is 45.6 Å². The van der Waals surface area contributed by atoms with Crippen LogP contribution in [-0.2, 0) is 4.74 Å². The van der Waals surface area contributed by atoms with E-state index in [1.165, 1.54) is 12.8 Å². The smallest absolute Gasteiger partial charge is 0.113 e. The van der Waals surface area contributed by atoms with Crippen molar-refractivity contribution in [1.82, 2.24) is 4.90 Å². The molecule has 0 spiro atoms. The van der Waals surface area contributed by atoms with Crippen LogP contribution in [0, 0.1) is 0 Å². The molecule has 0 aromatic heterocycles. The van der Waals surface area contributed by atoms with Gasteiger partial charge >= 0.3 is 0 Å². The minimum atomic E-state index is -0.858. The highest BCUT2D eigenvalue weighted by molar-refractivity contribution is 5.01. The average molecular weight is 229 g/mol. The molecule has 94 valence electrons. The van der Waals surface area contributed by atoms with Crippen LogP contribution < -0.4 is 0 Å². The Labute approximate surface area is 98.1 Å². The number of rotatable bonds is 5. The van der Waals surface area contributed by atoms with Crippen molar-refractivity contribution in [3.63, 3.8) is 0 Å². The Morgan fingerprint density at radius 3 is 2.75 bits per heavy atom. The summed E-state index contributed by atoms with van der Waals surface area (Å²) in [6, 6.07) is 1.03. The van der Waals surface area contributed by atoms with Gasteiger partial charge in [0.05, 0.1) is 6.61 Å². The van der Waals surface area contributed by atoms with E-state index < -0.39 is 5.67 Å². The molecule has 1 heterocycles. The molecule has 2 aliphatic rings. The Morgan fingerprint density at radius 1 is 1.38 bits per heavy atom. The normalized spacial score (nSPS) is 39.9. The first-order valence-corrected chi connectivity index (χ1v) is 6.71. The molecule has 0 aromatic carbocycles. The molecule has 2 rings (SSSR count). The average Bonchev–Trinajstić information content (AvgIpc) is 2.69. The van der Waals surface area contributed by atoms with Gasteiger partial charge in [0.25, 0.3) is 0 Å². The second-order valence-corrected chi connectivity index (χ2v) is 5.26. The monoisotopic (exact) mass is 229 g/mol. The quantitative estimate of drug-likeness (QED) is 0.718. The van der Waals surface area contributed by atoms with Gasteiger partial charge in [0, 0.05) is 18.7 Å². The van der Waals surface area contributed by atoms with Crippen LogP contribution in [0.5, 0.6) is 0 Å². The van der Waals surface area contributed by atoms with E-state index in [1.54, 1.807) is 0 Å². The Bertz CT molecular complexity index is 228. The van der Waals surface area contributed by atoms with E-state index in [0.29, 0.717) is 18.5 Å². The zero-order valence-electron chi connectivity index (χ0n) is 10.5. The van der Waals surface area contributed by atoms with E-state index in [1.807, 2.05) is 13.8 Å². The SMILES string of the molecule is CCOCC1CCCN1C1CC(F)(CC)C1. The van der Waals surface area contributed by atoms with E-state index in [-0.39, 0.29) is 0 Å². The van der Waals surface area contributed by atoms with Crippen LogP contribution in [-0.4, -0.2) is 42.4 Å². The first kappa shape index (κ1) is 12.3. The minimum absolute atomic E-state index is 0.484. The van der Waals surface area contributed by atoms with Crippen molar-refractivity contribution in [2.24, 2.45) is 0 Å². The van der Waals surface area contributed by atoms with Gasteiger partial charge in [-0.1, -0.05) is 6.92 Å². The highest BCUT2D eigenvalue weighted by atomic mass is 19.1. The summed E-state index contributed by atoms with van der Waals surface area (Å²) in [6.07, 6.45) is 4.63. The lowest BCUT2D eigenvalue weighted by atomic mass is 9.74. The molecule has 3 heteroatoms. The van der Waals surface area contributed by atoms with Crippen molar-refractivity contribution in [2.45, 2.75) is 63.7 Å². The van der Waals surface area contributed by atoms with Gasteiger partial charge in [0.2, 0.25) is 0 Å². The van der Waals surface area contributed by atoms with Gasteiger partial charge in [-0.25, -0.2) is 4.39 Å². The molecule has 16 heavy (non-hydrogen) atoms. The zero-order valence-corrected chi connectivity index (χ0v) is 10.5. The maximum Gasteiger partial charge on any atom is 0.113 e. The Hall–Kier alpha value is -0.150. The summed E-state index contributed by atoms with van der Waals surface area (Å²) in [7, 11) is 0. The lowest BCUT2D eigenvalue weighted by molar-refractivity contribution is -0.0476. The molecule has 0 N–H and O–H groups in total. The molecular weight excluding hydrogens is 205 g/mol. The van der Waals surface area contributed by atoms with E-state index in [0.717, 1.165) is 32.6 Å². The third kappa shape index (κ3) is 2.40. The molecule has 0 amide bonds. The van der Waals surface area contributed by atoms with Gasteiger partial charge in [-0.15, -0.1) is 0 Å². The van der Waals surface area contributed by atoms with Crippen molar-refractivity contribution in [2.75, 3.05) is 19.8 Å². The fourth-order valence-electron chi connectivity index (χ4n) is 3.08. The predicted octanol–water partition coefficient (Wildman–Crippen LogP) is 2.77. The van der Waals surface area contributed by atoms with Crippen molar-refractivity contribution in [3.8, 4) is 0 Å². The number of hydrogen-bond donors (Lipinski definition) is 0. The molecule has 1 saturated heterocycles. The number of hydrogen-bond acceptors (Lipinski definition) is 2. The van der Waals surface area contributed by atoms with Gasteiger partial charge in [-0.2, -0.15) is 0 Å². The number of nitrogens with zero attached hydrogens (tertiary/aromatic N) is 1. The van der Waals surface area contributed by atoms with Gasteiger partial charge in [-0.3, -0.25) is 4.90 Å². The van der Waals surface area contributed by atoms with Crippen molar-refractivity contribution < 1.29 is 9.13 Å². The van der Waals surface area contributed by atoms with E-state index in [2.05, 4.69) is 4.90 Å². The molecule has 1 saturated carbocycles. The van der Waals surface area contributed by atoms with Crippen LogP contribution in [0.25, 0.3) is 0 Å². The number of likely N-dealkylation sites (tertiary alicyclic amines) is 1. The molecule has 0 radical (unpaired) electrons. The summed E-state index contributed by atoms with van der Waals surface area (Å²) in [5.41, 5.74) is -0.858. The topological polar surface area (TPSA) is 12.5 Å². The highest BCUT2D eigenvalue weighted by Crippen LogP contribution is 2.43. The predicted molar refractivity (Wildman–Crippen MR) is 63.4 cm³/mol. The van der Waals surface area contributed by atoms with Crippen molar-refractivity contribution in [1.29, 1.82) is 0 Å². The standard InChI is InChI=1S/C13H24FNO/c1-3-13(14)8-12(9-13)15-7-5-6-11(15)10-16-4-2/h11-12H,3-10H2,1-2H3. The van der Waals surface area contributed by atoms with E-state index in [4.69, 9.17) is 4.74 Å². The van der Waals surface area contributed by atoms with Crippen LogP contribution in [0.15, 0.2) is 0 Å². The van der Waals surface area contributed by atoms with Crippen molar-refractivity contribution >= 4 is 0 Å².